The minimum atomic E-state index is 0.417. The number of rotatable bonds is 3. The van der Waals surface area contributed by atoms with Crippen molar-refractivity contribution in [2.24, 2.45) is 5.73 Å². The highest BCUT2D eigenvalue weighted by Crippen LogP contribution is 2.17. The van der Waals surface area contributed by atoms with Crippen LogP contribution >= 0.6 is 0 Å². The molecular weight excluding hydrogens is 184 g/mol. The molecule has 2 unspecified atom stereocenters. The normalized spacial score (nSPS) is 25.7. The fourth-order valence-electron chi connectivity index (χ4n) is 2.29. The molecule has 0 bridgehead atoms. The number of nitrogens with two attached hydrogens (primary N) is 1. The lowest BCUT2D eigenvalue weighted by Gasteiger charge is -2.12. The van der Waals surface area contributed by atoms with Gasteiger partial charge < -0.3 is 11.1 Å². The average Bonchev–Trinajstić information content (AvgIpc) is 2.62. The number of hydrogen-bond acceptors (Lipinski definition) is 2. The molecule has 3 N–H and O–H groups in total. The first-order chi connectivity index (χ1) is 7.24. The molecule has 1 fully saturated rings. The van der Waals surface area contributed by atoms with Crippen LogP contribution < -0.4 is 11.1 Å². The molecule has 0 heterocycles. The molecular formula is C13H20N2. The Labute approximate surface area is 91.9 Å². The molecule has 82 valence electrons. The van der Waals surface area contributed by atoms with Crippen molar-refractivity contribution in [1.82, 2.24) is 5.32 Å². The average molecular weight is 204 g/mol. The molecule has 0 saturated heterocycles. The zero-order chi connectivity index (χ0) is 10.7. The summed E-state index contributed by atoms with van der Waals surface area (Å²) < 4.78 is 0. The highest BCUT2D eigenvalue weighted by atomic mass is 14.9. The molecule has 2 heteroatoms. The highest BCUT2D eigenvalue weighted by molar-refractivity contribution is 5.22. The number of nitrogens with one attached hydrogen (secondary N) is 1. The van der Waals surface area contributed by atoms with Gasteiger partial charge in [-0.1, -0.05) is 29.8 Å². The third-order valence-corrected chi connectivity index (χ3v) is 3.15. The number of benzene rings is 1. The lowest BCUT2D eigenvalue weighted by atomic mass is 10.1. The molecule has 1 aromatic carbocycles. The van der Waals surface area contributed by atoms with Gasteiger partial charge in [0.15, 0.2) is 0 Å². The molecule has 2 rings (SSSR count). The van der Waals surface area contributed by atoms with Crippen molar-refractivity contribution in [3.8, 4) is 0 Å². The van der Waals surface area contributed by atoms with Gasteiger partial charge in [0.2, 0.25) is 0 Å². The minimum Gasteiger partial charge on any atom is -0.328 e. The zero-order valence-electron chi connectivity index (χ0n) is 9.37. The summed E-state index contributed by atoms with van der Waals surface area (Å²) in [5.74, 6) is 0. The zero-order valence-corrected chi connectivity index (χ0v) is 9.37. The van der Waals surface area contributed by atoms with Crippen LogP contribution in [0, 0.1) is 6.92 Å². The van der Waals surface area contributed by atoms with Crippen LogP contribution in [0.2, 0.25) is 0 Å². The number of aryl methyl sites for hydroxylation is 1. The van der Waals surface area contributed by atoms with Crippen LogP contribution in [0.3, 0.4) is 0 Å². The summed E-state index contributed by atoms with van der Waals surface area (Å²) in [6, 6.07) is 9.71. The third kappa shape index (κ3) is 3.05. The fraction of sp³-hybridized carbons (Fsp3) is 0.538. The molecule has 1 aliphatic carbocycles. The second kappa shape index (κ2) is 4.77. The Bertz CT molecular complexity index is 322. The van der Waals surface area contributed by atoms with Gasteiger partial charge in [0.05, 0.1) is 0 Å². The van der Waals surface area contributed by atoms with Gasteiger partial charge >= 0.3 is 0 Å². The summed E-state index contributed by atoms with van der Waals surface area (Å²) in [5, 5.41) is 3.58. The molecule has 0 aromatic heterocycles. The third-order valence-electron chi connectivity index (χ3n) is 3.15. The van der Waals surface area contributed by atoms with Crippen molar-refractivity contribution in [1.29, 1.82) is 0 Å². The molecule has 0 amide bonds. The first-order valence-corrected chi connectivity index (χ1v) is 5.78. The van der Waals surface area contributed by atoms with E-state index >= 15 is 0 Å². The fourth-order valence-corrected chi connectivity index (χ4v) is 2.29. The van der Waals surface area contributed by atoms with E-state index < -0.39 is 0 Å². The van der Waals surface area contributed by atoms with Crippen LogP contribution in [-0.4, -0.2) is 12.1 Å². The largest absolute Gasteiger partial charge is 0.328 e. The van der Waals surface area contributed by atoms with Crippen LogP contribution in [0.15, 0.2) is 24.3 Å². The molecule has 0 spiro atoms. The Morgan fingerprint density at radius 3 is 2.93 bits per heavy atom. The number of hydrogen-bond donors (Lipinski definition) is 2. The van der Waals surface area contributed by atoms with E-state index in [1.165, 1.54) is 24.0 Å². The van der Waals surface area contributed by atoms with Crippen LogP contribution in [-0.2, 0) is 6.54 Å². The summed E-state index contributed by atoms with van der Waals surface area (Å²) in [4.78, 5) is 0. The van der Waals surface area contributed by atoms with Gasteiger partial charge in [0, 0.05) is 18.6 Å². The summed E-state index contributed by atoms with van der Waals surface area (Å²) in [6.45, 7) is 3.11. The SMILES string of the molecule is Cc1cccc(CNC2CCC(N)C2)c1. The quantitative estimate of drug-likeness (QED) is 0.790. The Hall–Kier alpha value is -0.860. The Morgan fingerprint density at radius 1 is 1.40 bits per heavy atom. The first-order valence-electron chi connectivity index (χ1n) is 5.78. The van der Waals surface area contributed by atoms with Crippen molar-refractivity contribution in [3.05, 3.63) is 35.4 Å². The van der Waals surface area contributed by atoms with E-state index in [9.17, 15) is 0 Å². The van der Waals surface area contributed by atoms with E-state index in [1.807, 2.05) is 0 Å². The van der Waals surface area contributed by atoms with Crippen LogP contribution in [0.25, 0.3) is 0 Å². The molecule has 2 nitrogen and oxygen atoms in total. The lowest BCUT2D eigenvalue weighted by Crippen LogP contribution is -2.27. The lowest BCUT2D eigenvalue weighted by molar-refractivity contribution is 0.516. The first kappa shape index (κ1) is 10.7. The predicted molar refractivity (Wildman–Crippen MR) is 63.6 cm³/mol. The Morgan fingerprint density at radius 2 is 2.27 bits per heavy atom. The van der Waals surface area contributed by atoms with E-state index in [-0.39, 0.29) is 0 Å². The van der Waals surface area contributed by atoms with E-state index in [0.29, 0.717) is 12.1 Å². The van der Waals surface area contributed by atoms with E-state index in [1.54, 1.807) is 0 Å². The van der Waals surface area contributed by atoms with E-state index in [4.69, 9.17) is 5.73 Å². The Kier molecular flexibility index (Phi) is 3.39. The molecule has 1 aliphatic rings. The maximum absolute atomic E-state index is 5.88. The highest BCUT2D eigenvalue weighted by Gasteiger charge is 2.20. The molecule has 15 heavy (non-hydrogen) atoms. The second-order valence-electron chi connectivity index (χ2n) is 4.64. The van der Waals surface area contributed by atoms with E-state index in [2.05, 4.69) is 36.5 Å². The standard InChI is InChI=1S/C13H20N2/c1-10-3-2-4-11(7-10)9-15-13-6-5-12(14)8-13/h2-4,7,12-13,15H,5-6,8-9,14H2,1H3. The minimum absolute atomic E-state index is 0.417. The van der Waals surface area contributed by atoms with Crippen LogP contribution in [0.1, 0.15) is 30.4 Å². The van der Waals surface area contributed by atoms with Crippen LogP contribution in [0.5, 0.6) is 0 Å². The van der Waals surface area contributed by atoms with Gasteiger partial charge in [-0.25, -0.2) is 0 Å². The topological polar surface area (TPSA) is 38.0 Å². The van der Waals surface area contributed by atoms with Crippen molar-refractivity contribution in [2.75, 3.05) is 0 Å². The summed E-state index contributed by atoms with van der Waals surface area (Å²) in [5.41, 5.74) is 8.58. The van der Waals surface area contributed by atoms with Crippen molar-refractivity contribution in [3.63, 3.8) is 0 Å². The second-order valence-corrected chi connectivity index (χ2v) is 4.64. The van der Waals surface area contributed by atoms with Gasteiger partial charge in [-0.05, 0) is 31.7 Å². The maximum atomic E-state index is 5.88. The molecule has 0 radical (unpaired) electrons. The molecule has 2 atom stereocenters. The molecule has 1 saturated carbocycles. The monoisotopic (exact) mass is 204 g/mol. The maximum Gasteiger partial charge on any atom is 0.0208 e. The summed E-state index contributed by atoms with van der Waals surface area (Å²) in [6.07, 6.45) is 3.53. The van der Waals surface area contributed by atoms with Gasteiger partial charge in [0.1, 0.15) is 0 Å². The molecule has 1 aromatic rings. The van der Waals surface area contributed by atoms with Gasteiger partial charge in [-0.15, -0.1) is 0 Å². The smallest absolute Gasteiger partial charge is 0.0208 e. The van der Waals surface area contributed by atoms with Gasteiger partial charge in [-0.3, -0.25) is 0 Å². The van der Waals surface area contributed by atoms with Crippen molar-refractivity contribution < 1.29 is 0 Å². The summed E-state index contributed by atoms with van der Waals surface area (Å²) in [7, 11) is 0. The van der Waals surface area contributed by atoms with E-state index in [0.717, 1.165) is 13.0 Å². The molecule has 0 aliphatic heterocycles. The predicted octanol–water partition coefficient (Wildman–Crippen LogP) is 1.96. The van der Waals surface area contributed by atoms with Crippen molar-refractivity contribution >= 4 is 0 Å². The Balaban J connectivity index is 1.83. The van der Waals surface area contributed by atoms with Crippen molar-refractivity contribution in [2.45, 2.75) is 44.8 Å². The van der Waals surface area contributed by atoms with Gasteiger partial charge in [-0.2, -0.15) is 0 Å². The summed E-state index contributed by atoms with van der Waals surface area (Å²) >= 11 is 0. The van der Waals surface area contributed by atoms with Crippen LogP contribution in [0.4, 0.5) is 0 Å². The van der Waals surface area contributed by atoms with Gasteiger partial charge in [0.25, 0.3) is 0 Å².